The van der Waals surface area contributed by atoms with E-state index in [1.165, 1.54) is 0 Å². The summed E-state index contributed by atoms with van der Waals surface area (Å²) in [6, 6.07) is -0.117. The standard InChI is InChI=1S/C10H20N6O/c1-9(11)10-12-13-14-16(10)4-2-3-15-5-7-17-8-6-15/h9H,2-8,11H2,1H3. The van der Waals surface area contributed by atoms with Crippen LogP contribution in [0, 0.1) is 0 Å². The molecule has 96 valence electrons. The molecular weight excluding hydrogens is 220 g/mol. The molecule has 1 aromatic heterocycles. The van der Waals surface area contributed by atoms with Crippen molar-refractivity contribution in [2.75, 3.05) is 32.8 Å². The van der Waals surface area contributed by atoms with E-state index in [1.807, 2.05) is 6.92 Å². The summed E-state index contributed by atoms with van der Waals surface area (Å²) in [6.45, 7) is 7.50. The number of hydrogen-bond acceptors (Lipinski definition) is 6. The second-order valence-electron chi connectivity index (χ2n) is 4.36. The number of aromatic nitrogens is 4. The molecule has 1 aliphatic rings. The third-order valence-corrected chi connectivity index (χ3v) is 2.91. The van der Waals surface area contributed by atoms with Gasteiger partial charge < -0.3 is 10.5 Å². The molecule has 2 N–H and O–H groups in total. The first kappa shape index (κ1) is 12.4. The maximum Gasteiger partial charge on any atom is 0.167 e. The predicted octanol–water partition coefficient (Wildman–Crippen LogP) is -0.585. The van der Waals surface area contributed by atoms with Gasteiger partial charge in [0, 0.05) is 26.2 Å². The molecule has 0 amide bonds. The molecule has 0 aliphatic carbocycles. The van der Waals surface area contributed by atoms with Crippen molar-refractivity contribution in [1.82, 2.24) is 25.1 Å². The lowest BCUT2D eigenvalue weighted by atomic mass is 10.3. The molecule has 1 atom stereocenters. The van der Waals surface area contributed by atoms with Crippen molar-refractivity contribution >= 4 is 0 Å². The van der Waals surface area contributed by atoms with Gasteiger partial charge in [0.1, 0.15) is 0 Å². The van der Waals surface area contributed by atoms with Gasteiger partial charge in [0.05, 0.1) is 19.3 Å². The molecule has 1 fully saturated rings. The third kappa shape index (κ3) is 3.45. The highest BCUT2D eigenvalue weighted by Crippen LogP contribution is 2.05. The molecule has 0 aromatic carbocycles. The molecule has 1 saturated heterocycles. The van der Waals surface area contributed by atoms with Crippen LogP contribution in [0.1, 0.15) is 25.2 Å². The van der Waals surface area contributed by atoms with E-state index in [4.69, 9.17) is 10.5 Å². The lowest BCUT2D eigenvalue weighted by Gasteiger charge is -2.26. The first-order chi connectivity index (χ1) is 8.27. The summed E-state index contributed by atoms with van der Waals surface area (Å²) in [5, 5.41) is 11.5. The number of ether oxygens (including phenoxy) is 1. The molecule has 2 rings (SSSR count). The van der Waals surface area contributed by atoms with Gasteiger partial charge in [0.15, 0.2) is 5.82 Å². The van der Waals surface area contributed by atoms with Crippen molar-refractivity contribution in [3.63, 3.8) is 0 Å². The van der Waals surface area contributed by atoms with Crippen LogP contribution in [0.5, 0.6) is 0 Å². The quantitative estimate of drug-likeness (QED) is 0.741. The van der Waals surface area contributed by atoms with Crippen molar-refractivity contribution in [2.45, 2.75) is 25.9 Å². The number of aryl methyl sites for hydroxylation is 1. The van der Waals surface area contributed by atoms with Crippen LogP contribution in [-0.2, 0) is 11.3 Å². The average Bonchev–Trinajstić information content (AvgIpc) is 2.79. The zero-order valence-electron chi connectivity index (χ0n) is 10.2. The molecule has 2 heterocycles. The Labute approximate surface area is 101 Å². The summed E-state index contributed by atoms with van der Waals surface area (Å²) in [6.07, 6.45) is 1.03. The number of morpholine rings is 1. The van der Waals surface area contributed by atoms with Gasteiger partial charge in [-0.3, -0.25) is 4.90 Å². The number of nitrogens with zero attached hydrogens (tertiary/aromatic N) is 5. The topological polar surface area (TPSA) is 82.1 Å². The molecule has 0 radical (unpaired) electrons. The molecular formula is C10H20N6O. The van der Waals surface area contributed by atoms with Gasteiger partial charge in [-0.25, -0.2) is 4.68 Å². The fraction of sp³-hybridized carbons (Fsp3) is 0.900. The summed E-state index contributed by atoms with van der Waals surface area (Å²) in [7, 11) is 0. The van der Waals surface area contributed by atoms with Crippen LogP contribution in [0.4, 0.5) is 0 Å². The molecule has 0 spiro atoms. The van der Waals surface area contributed by atoms with E-state index < -0.39 is 0 Å². The van der Waals surface area contributed by atoms with Crippen molar-refractivity contribution in [3.8, 4) is 0 Å². The van der Waals surface area contributed by atoms with Crippen molar-refractivity contribution < 1.29 is 4.74 Å². The molecule has 1 aromatic rings. The fourth-order valence-corrected chi connectivity index (χ4v) is 1.97. The van der Waals surface area contributed by atoms with Gasteiger partial charge >= 0.3 is 0 Å². The minimum absolute atomic E-state index is 0.117. The Kier molecular flexibility index (Phi) is 4.41. The molecule has 0 bridgehead atoms. The monoisotopic (exact) mass is 240 g/mol. The van der Waals surface area contributed by atoms with Crippen LogP contribution in [-0.4, -0.2) is 58.0 Å². The first-order valence-electron chi connectivity index (χ1n) is 6.09. The minimum atomic E-state index is -0.117. The SMILES string of the molecule is CC(N)c1nnnn1CCCN1CCOCC1. The summed E-state index contributed by atoms with van der Waals surface area (Å²) >= 11 is 0. The van der Waals surface area contributed by atoms with Crippen molar-refractivity contribution in [3.05, 3.63) is 5.82 Å². The molecule has 1 aliphatic heterocycles. The Morgan fingerprint density at radius 2 is 2.12 bits per heavy atom. The molecule has 0 saturated carbocycles. The Bertz CT molecular complexity index is 333. The zero-order valence-corrected chi connectivity index (χ0v) is 10.2. The first-order valence-corrected chi connectivity index (χ1v) is 6.09. The van der Waals surface area contributed by atoms with E-state index in [0.29, 0.717) is 0 Å². The highest BCUT2D eigenvalue weighted by atomic mass is 16.5. The smallest absolute Gasteiger partial charge is 0.167 e. The highest BCUT2D eigenvalue weighted by molar-refractivity contribution is 4.87. The van der Waals surface area contributed by atoms with Crippen LogP contribution in [0.3, 0.4) is 0 Å². The van der Waals surface area contributed by atoms with Gasteiger partial charge in [-0.15, -0.1) is 5.10 Å². The number of tetrazole rings is 1. The van der Waals surface area contributed by atoms with Gasteiger partial charge in [-0.05, 0) is 23.8 Å². The van der Waals surface area contributed by atoms with Crippen molar-refractivity contribution in [2.24, 2.45) is 5.73 Å². The van der Waals surface area contributed by atoms with Crippen LogP contribution in [0.15, 0.2) is 0 Å². The number of rotatable bonds is 5. The van der Waals surface area contributed by atoms with E-state index >= 15 is 0 Å². The van der Waals surface area contributed by atoms with E-state index in [2.05, 4.69) is 20.4 Å². The molecule has 1 unspecified atom stereocenters. The van der Waals surface area contributed by atoms with Gasteiger partial charge in [-0.2, -0.15) is 0 Å². The Balaban J connectivity index is 1.75. The molecule has 7 heteroatoms. The van der Waals surface area contributed by atoms with E-state index in [9.17, 15) is 0 Å². The van der Waals surface area contributed by atoms with Crippen LogP contribution >= 0.6 is 0 Å². The van der Waals surface area contributed by atoms with E-state index in [-0.39, 0.29) is 6.04 Å². The second kappa shape index (κ2) is 6.04. The summed E-state index contributed by atoms with van der Waals surface area (Å²) in [5.41, 5.74) is 5.78. The second-order valence-corrected chi connectivity index (χ2v) is 4.36. The zero-order chi connectivity index (χ0) is 12.1. The van der Waals surface area contributed by atoms with Crippen molar-refractivity contribution in [1.29, 1.82) is 0 Å². The highest BCUT2D eigenvalue weighted by Gasteiger charge is 2.12. The molecule has 7 nitrogen and oxygen atoms in total. The summed E-state index contributed by atoms with van der Waals surface area (Å²) in [5.74, 6) is 0.756. The third-order valence-electron chi connectivity index (χ3n) is 2.91. The maximum atomic E-state index is 5.78. The lowest BCUT2D eigenvalue weighted by molar-refractivity contribution is 0.0367. The normalized spacial score (nSPS) is 19.4. The van der Waals surface area contributed by atoms with E-state index in [1.54, 1.807) is 4.68 Å². The van der Waals surface area contributed by atoms with Gasteiger partial charge in [0.25, 0.3) is 0 Å². The molecule has 17 heavy (non-hydrogen) atoms. The Morgan fingerprint density at radius 3 is 2.82 bits per heavy atom. The predicted molar refractivity (Wildman–Crippen MR) is 62.3 cm³/mol. The largest absolute Gasteiger partial charge is 0.379 e. The van der Waals surface area contributed by atoms with Gasteiger partial charge in [0.2, 0.25) is 0 Å². The van der Waals surface area contributed by atoms with Crippen LogP contribution in [0.25, 0.3) is 0 Å². The maximum absolute atomic E-state index is 5.78. The van der Waals surface area contributed by atoms with Gasteiger partial charge in [-0.1, -0.05) is 0 Å². The summed E-state index contributed by atoms with van der Waals surface area (Å²) in [4.78, 5) is 2.40. The summed E-state index contributed by atoms with van der Waals surface area (Å²) < 4.78 is 7.10. The number of hydrogen-bond donors (Lipinski definition) is 1. The van der Waals surface area contributed by atoms with E-state index in [0.717, 1.165) is 51.6 Å². The minimum Gasteiger partial charge on any atom is -0.379 e. The average molecular weight is 240 g/mol. The van der Waals surface area contributed by atoms with Crippen LogP contribution < -0.4 is 5.73 Å². The Hall–Kier alpha value is -1.05. The number of nitrogens with two attached hydrogens (primary N) is 1. The Morgan fingerprint density at radius 1 is 1.35 bits per heavy atom. The fourth-order valence-electron chi connectivity index (χ4n) is 1.97. The van der Waals surface area contributed by atoms with Crippen LogP contribution in [0.2, 0.25) is 0 Å². The lowest BCUT2D eigenvalue weighted by Crippen LogP contribution is -2.37.